The van der Waals surface area contributed by atoms with Crippen molar-refractivity contribution in [1.82, 2.24) is 0 Å². The number of carbonyl (C=O) groups is 1. The number of aryl methyl sites for hydroxylation is 2. The summed E-state index contributed by atoms with van der Waals surface area (Å²) in [5.41, 5.74) is 10.6. The van der Waals surface area contributed by atoms with Crippen LogP contribution in [0, 0.1) is 25.2 Å². The summed E-state index contributed by atoms with van der Waals surface area (Å²) < 4.78 is 28.5. The van der Waals surface area contributed by atoms with Crippen LogP contribution in [0.5, 0.6) is 28.7 Å². The van der Waals surface area contributed by atoms with Crippen LogP contribution >= 0.6 is 11.6 Å². The van der Waals surface area contributed by atoms with Gasteiger partial charge in [-0.25, -0.2) is 4.79 Å². The molecule has 1 atom stereocenters. The van der Waals surface area contributed by atoms with Crippen LogP contribution in [0.2, 0.25) is 5.02 Å². The van der Waals surface area contributed by atoms with E-state index in [0.29, 0.717) is 40.2 Å². The monoisotopic (exact) mass is 596 g/mol. The van der Waals surface area contributed by atoms with Crippen molar-refractivity contribution in [3.8, 4) is 34.8 Å². The van der Waals surface area contributed by atoms with Gasteiger partial charge in [0.1, 0.15) is 35.5 Å². The molecule has 0 spiro atoms. The second kappa shape index (κ2) is 12.8. The molecule has 4 aromatic carbocycles. The standard InChI is InChI=1S/C34H29ClN2O6/c1-20-13-25(14-21(2)33(20)35)40-19-31(38)42-24-10-11-26-29(16-24)43-34(37)27(17-36)32(26)23-9-12-28(30(15-23)39-3)41-18-22-7-5-4-6-8-22/h4-16,32H,18-19,37H2,1-3H3. The molecule has 0 saturated heterocycles. The number of hydrogen-bond donors (Lipinski definition) is 1. The molecule has 1 aliphatic rings. The van der Waals surface area contributed by atoms with Crippen molar-refractivity contribution in [2.45, 2.75) is 26.4 Å². The first kappa shape index (κ1) is 29.4. The first-order valence-electron chi connectivity index (χ1n) is 13.4. The van der Waals surface area contributed by atoms with Crippen molar-refractivity contribution in [2.24, 2.45) is 5.73 Å². The Morgan fingerprint density at radius 3 is 2.40 bits per heavy atom. The van der Waals surface area contributed by atoms with Crippen LogP contribution in [0.15, 0.2) is 90.3 Å². The normalized spacial score (nSPS) is 13.8. The van der Waals surface area contributed by atoms with Crippen molar-refractivity contribution in [3.63, 3.8) is 0 Å². The Kier molecular flexibility index (Phi) is 8.74. The van der Waals surface area contributed by atoms with E-state index in [9.17, 15) is 10.1 Å². The average molecular weight is 597 g/mol. The van der Waals surface area contributed by atoms with Crippen LogP contribution in [0.4, 0.5) is 0 Å². The van der Waals surface area contributed by atoms with Gasteiger partial charge in [-0.1, -0.05) is 54.1 Å². The maximum Gasteiger partial charge on any atom is 0.349 e. The highest BCUT2D eigenvalue weighted by atomic mass is 35.5. The molecule has 1 unspecified atom stereocenters. The van der Waals surface area contributed by atoms with E-state index < -0.39 is 11.9 Å². The molecule has 0 radical (unpaired) electrons. The molecular weight excluding hydrogens is 568 g/mol. The van der Waals surface area contributed by atoms with Gasteiger partial charge in [0.2, 0.25) is 5.88 Å². The molecule has 0 amide bonds. The Morgan fingerprint density at radius 1 is 0.953 bits per heavy atom. The van der Waals surface area contributed by atoms with Gasteiger partial charge in [0.25, 0.3) is 0 Å². The van der Waals surface area contributed by atoms with Gasteiger partial charge in [-0.3, -0.25) is 0 Å². The Balaban J connectivity index is 1.35. The summed E-state index contributed by atoms with van der Waals surface area (Å²) in [4.78, 5) is 12.6. The number of carbonyl (C=O) groups excluding carboxylic acids is 1. The minimum absolute atomic E-state index is 0.0383. The number of nitrogens with zero attached hydrogens (tertiary/aromatic N) is 1. The zero-order valence-electron chi connectivity index (χ0n) is 23.8. The van der Waals surface area contributed by atoms with Crippen LogP contribution in [0.3, 0.4) is 0 Å². The van der Waals surface area contributed by atoms with Crippen LogP contribution in [-0.4, -0.2) is 19.7 Å². The van der Waals surface area contributed by atoms with Gasteiger partial charge in [0, 0.05) is 16.7 Å². The number of hydrogen-bond acceptors (Lipinski definition) is 8. The lowest BCUT2D eigenvalue weighted by Crippen LogP contribution is -2.22. The number of nitrogens with two attached hydrogens (primary N) is 1. The summed E-state index contributed by atoms with van der Waals surface area (Å²) in [7, 11) is 1.56. The zero-order chi connectivity index (χ0) is 30.5. The molecule has 1 heterocycles. The van der Waals surface area contributed by atoms with E-state index in [1.165, 1.54) is 0 Å². The van der Waals surface area contributed by atoms with E-state index in [4.69, 9.17) is 41.0 Å². The Bertz CT molecular complexity index is 1720. The van der Waals surface area contributed by atoms with Crippen molar-refractivity contribution >= 4 is 17.6 Å². The summed E-state index contributed by atoms with van der Waals surface area (Å²) in [6.07, 6.45) is 0. The predicted molar refractivity (Wildman–Crippen MR) is 162 cm³/mol. The number of benzene rings is 4. The van der Waals surface area contributed by atoms with Crippen molar-refractivity contribution < 1.29 is 28.5 Å². The van der Waals surface area contributed by atoms with E-state index in [-0.39, 0.29) is 23.8 Å². The third kappa shape index (κ3) is 6.53. The topological polar surface area (TPSA) is 113 Å². The largest absolute Gasteiger partial charge is 0.493 e. The minimum Gasteiger partial charge on any atom is -0.493 e. The van der Waals surface area contributed by atoms with Crippen LogP contribution < -0.4 is 29.4 Å². The van der Waals surface area contributed by atoms with E-state index in [1.54, 1.807) is 43.5 Å². The van der Waals surface area contributed by atoms with Gasteiger partial charge in [-0.15, -0.1) is 0 Å². The second-order valence-corrected chi connectivity index (χ2v) is 10.3. The SMILES string of the molecule is COc1cc(C2C(C#N)=C(N)Oc3cc(OC(=O)COc4cc(C)c(Cl)c(C)c4)ccc32)ccc1OCc1ccccc1. The lowest BCUT2D eigenvalue weighted by molar-refractivity contribution is -0.136. The quantitative estimate of drug-likeness (QED) is 0.167. The molecule has 43 heavy (non-hydrogen) atoms. The third-order valence-electron chi connectivity index (χ3n) is 6.95. The highest BCUT2D eigenvalue weighted by Crippen LogP contribution is 2.45. The molecule has 9 heteroatoms. The second-order valence-electron chi connectivity index (χ2n) is 9.94. The van der Waals surface area contributed by atoms with Gasteiger partial charge in [-0.05, 0) is 66.4 Å². The minimum atomic E-state index is -0.602. The van der Waals surface area contributed by atoms with Crippen LogP contribution in [0.25, 0.3) is 0 Å². The van der Waals surface area contributed by atoms with E-state index in [1.807, 2.05) is 56.3 Å². The highest BCUT2D eigenvalue weighted by Gasteiger charge is 2.32. The van der Waals surface area contributed by atoms with Crippen LogP contribution in [-0.2, 0) is 11.4 Å². The number of rotatable bonds is 9. The Hall–Kier alpha value is -5.13. The average Bonchev–Trinajstić information content (AvgIpc) is 3.01. The number of ether oxygens (including phenoxy) is 5. The molecule has 1 aliphatic heterocycles. The molecule has 218 valence electrons. The summed E-state index contributed by atoms with van der Waals surface area (Å²) >= 11 is 6.21. The lowest BCUT2D eigenvalue weighted by Gasteiger charge is -2.27. The fourth-order valence-corrected chi connectivity index (χ4v) is 4.96. The van der Waals surface area contributed by atoms with E-state index in [0.717, 1.165) is 22.3 Å². The lowest BCUT2D eigenvalue weighted by atomic mass is 9.83. The molecule has 2 N–H and O–H groups in total. The van der Waals surface area contributed by atoms with E-state index >= 15 is 0 Å². The maximum atomic E-state index is 12.6. The van der Waals surface area contributed by atoms with Gasteiger partial charge >= 0.3 is 5.97 Å². The molecule has 4 aromatic rings. The maximum absolute atomic E-state index is 12.6. The zero-order valence-corrected chi connectivity index (χ0v) is 24.6. The molecule has 0 fully saturated rings. The van der Waals surface area contributed by atoms with Gasteiger partial charge in [-0.2, -0.15) is 5.26 Å². The molecule has 5 rings (SSSR count). The number of nitriles is 1. The third-order valence-corrected chi connectivity index (χ3v) is 7.54. The van der Waals surface area contributed by atoms with Crippen LogP contribution in [0.1, 0.15) is 33.7 Å². The smallest absolute Gasteiger partial charge is 0.349 e. The summed E-state index contributed by atoms with van der Waals surface area (Å²) in [5, 5.41) is 10.6. The molecule has 0 bridgehead atoms. The number of allylic oxidation sites excluding steroid dienone is 1. The first-order valence-corrected chi connectivity index (χ1v) is 13.8. The van der Waals surface area contributed by atoms with Gasteiger partial charge in [0.15, 0.2) is 18.1 Å². The molecule has 0 aliphatic carbocycles. The van der Waals surface area contributed by atoms with Gasteiger partial charge < -0.3 is 29.4 Å². The first-order chi connectivity index (χ1) is 20.8. The summed E-state index contributed by atoms with van der Waals surface area (Å²) in [5.74, 6) is 1.00. The molecule has 0 aromatic heterocycles. The molecule has 0 saturated carbocycles. The summed E-state index contributed by atoms with van der Waals surface area (Å²) in [6.45, 7) is 3.80. The number of methoxy groups -OCH3 is 1. The van der Waals surface area contributed by atoms with Gasteiger partial charge in [0.05, 0.1) is 13.0 Å². The Morgan fingerprint density at radius 2 is 1.70 bits per heavy atom. The van der Waals surface area contributed by atoms with Crippen molar-refractivity contribution in [3.05, 3.63) is 123 Å². The fourth-order valence-electron chi connectivity index (χ4n) is 4.85. The predicted octanol–water partition coefficient (Wildman–Crippen LogP) is 6.75. The summed E-state index contributed by atoms with van der Waals surface area (Å²) in [6, 6.07) is 25.9. The number of esters is 1. The van der Waals surface area contributed by atoms with E-state index in [2.05, 4.69) is 6.07 Å². The fraction of sp³-hybridized carbons (Fsp3) is 0.176. The number of halogens is 1. The number of fused-ring (bicyclic) bond motifs is 1. The van der Waals surface area contributed by atoms with Crippen molar-refractivity contribution in [1.29, 1.82) is 5.26 Å². The van der Waals surface area contributed by atoms with Crippen molar-refractivity contribution in [2.75, 3.05) is 13.7 Å². The molecule has 8 nitrogen and oxygen atoms in total. The Labute approximate surface area is 254 Å². The molecular formula is C34H29ClN2O6. The highest BCUT2D eigenvalue weighted by molar-refractivity contribution is 6.32.